The van der Waals surface area contributed by atoms with Crippen LogP contribution in [0.2, 0.25) is 0 Å². The molecule has 2 rings (SSSR count). The van der Waals surface area contributed by atoms with Crippen LogP contribution < -0.4 is 5.32 Å². The molecule has 0 radical (unpaired) electrons. The minimum Gasteiger partial charge on any atom is -0.462 e. The summed E-state index contributed by atoms with van der Waals surface area (Å²) in [5.41, 5.74) is 0.554. The Morgan fingerprint density at radius 1 is 1.24 bits per heavy atom. The Hall–Kier alpha value is -2.37. The molecule has 6 nitrogen and oxygen atoms in total. The Labute approximate surface area is 148 Å². The van der Waals surface area contributed by atoms with Crippen LogP contribution in [0.25, 0.3) is 0 Å². The zero-order valence-electron chi connectivity index (χ0n) is 14.9. The Kier molecular flexibility index (Phi) is 6.98. The molecule has 6 heteroatoms. The number of rotatable bonds is 5. The van der Waals surface area contributed by atoms with E-state index >= 15 is 0 Å². The third-order valence-electron chi connectivity index (χ3n) is 4.38. The van der Waals surface area contributed by atoms with Crippen LogP contribution in [0.3, 0.4) is 0 Å². The Morgan fingerprint density at radius 2 is 2.00 bits per heavy atom. The summed E-state index contributed by atoms with van der Waals surface area (Å²) in [6, 6.07) is 6.63. The quantitative estimate of drug-likeness (QED) is 0.505. The van der Waals surface area contributed by atoms with E-state index < -0.39 is 17.8 Å². The maximum Gasteiger partial charge on any atom is 0.340 e. The van der Waals surface area contributed by atoms with Gasteiger partial charge < -0.3 is 15.0 Å². The van der Waals surface area contributed by atoms with Crippen molar-refractivity contribution in [1.29, 1.82) is 0 Å². The van der Waals surface area contributed by atoms with Gasteiger partial charge in [0.05, 0.1) is 17.9 Å². The standard InChI is InChI=1S/C19H26N2O4/c1-3-4-13-25-19(24)15-10-5-6-11-16(15)20-17(22)18(23)21-12-8-7-9-14(21)2/h5-6,10-11,14H,3-4,7-9,12-13H2,1-2H3,(H,20,22). The van der Waals surface area contributed by atoms with Crippen molar-refractivity contribution >= 4 is 23.5 Å². The van der Waals surface area contributed by atoms with Crippen LogP contribution >= 0.6 is 0 Å². The van der Waals surface area contributed by atoms with Crippen LogP contribution in [-0.2, 0) is 14.3 Å². The van der Waals surface area contributed by atoms with Gasteiger partial charge >= 0.3 is 17.8 Å². The van der Waals surface area contributed by atoms with Gasteiger partial charge in [0, 0.05) is 12.6 Å². The first-order valence-corrected chi connectivity index (χ1v) is 8.92. The molecule has 1 heterocycles. The van der Waals surface area contributed by atoms with Gasteiger partial charge in [0.25, 0.3) is 0 Å². The second-order valence-corrected chi connectivity index (χ2v) is 6.33. The predicted octanol–water partition coefficient (Wildman–Crippen LogP) is 2.98. The number of ether oxygens (including phenoxy) is 1. The predicted molar refractivity (Wildman–Crippen MR) is 95.3 cm³/mol. The number of anilines is 1. The molecule has 1 saturated heterocycles. The number of nitrogens with zero attached hydrogens (tertiary/aromatic N) is 1. The molecule has 2 amide bonds. The second kappa shape index (κ2) is 9.20. The first-order valence-electron chi connectivity index (χ1n) is 8.92. The highest BCUT2D eigenvalue weighted by Crippen LogP contribution is 2.19. The van der Waals surface area contributed by atoms with Gasteiger partial charge in [-0.1, -0.05) is 25.5 Å². The van der Waals surface area contributed by atoms with Gasteiger partial charge in [0.15, 0.2) is 0 Å². The molecule has 1 aromatic rings. The number of benzene rings is 1. The molecule has 0 aromatic heterocycles. The summed E-state index contributed by atoms with van der Waals surface area (Å²) in [5.74, 6) is -1.77. The zero-order chi connectivity index (χ0) is 18.2. The zero-order valence-corrected chi connectivity index (χ0v) is 14.9. The summed E-state index contributed by atoms with van der Waals surface area (Å²) in [5, 5.41) is 2.57. The van der Waals surface area contributed by atoms with Crippen molar-refractivity contribution in [3.8, 4) is 0 Å². The van der Waals surface area contributed by atoms with Gasteiger partial charge in [-0.2, -0.15) is 0 Å². The monoisotopic (exact) mass is 346 g/mol. The number of carbonyl (C=O) groups excluding carboxylic acids is 3. The summed E-state index contributed by atoms with van der Waals surface area (Å²) in [6.07, 6.45) is 4.59. The number of likely N-dealkylation sites (tertiary alicyclic amines) is 1. The average Bonchev–Trinajstić information content (AvgIpc) is 2.62. The molecule has 0 spiro atoms. The van der Waals surface area contributed by atoms with E-state index in [9.17, 15) is 14.4 Å². The number of esters is 1. The summed E-state index contributed by atoms with van der Waals surface area (Å²) in [4.78, 5) is 38.5. The molecule has 25 heavy (non-hydrogen) atoms. The van der Waals surface area contributed by atoms with E-state index in [1.165, 1.54) is 0 Å². The molecule has 1 fully saturated rings. The molecule has 1 aliphatic rings. The molecule has 0 bridgehead atoms. The van der Waals surface area contributed by atoms with Crippen molar-refractivity contribution < 1.29 is 19.1 Å². The minimum atomic E-state index is -0.720. The van der Waals surface area contributed by atoms with Crippen molar-refractivity contribution in [3.63, 3.8) is 0 Å². The topological polar surface area (TPSA) is 75.7 Å². The van der Waals surface area contributed by atoms with Gasteiger partial charge in [-0.15, -0.1) is 0 Å². The molecule has 1 N–H and O–H groups in total. The van der Waals surface area contributed by atoms with Crippen molar-refractivity contribution in [2.24, 2.45) is 0 Å². The van der Waals surface area contributed by atoms with Crippen molar-refractivity contribution in [1.82, 2.24) is 4.90 Å². The van der Waals surface area contributed by atoms with Crippen molar-refractivity contribution in [2.75, 3.05) is 18.5 Å². The Bertz CT molecular complexity index is 630. The van der Waals surface area contributed by atoms with E-state index in [2.05, 4.69) is 5.32 Å². The van der Waals surface area contributed by atoms with E-state index in [0.717, 1.165) is 32.1 Å². The van der Waals surface area contributed by atoms with Crippen molar-refractivity contribution in [3.05, 3.63) is 29.8 Å². The van der Waals surface area contributed by atoms with Crippen LogP contribution in [0.5, 0.6) is 0 Å². The molecular formula is C19H26N2O4. The summed E-state index contributed by atoms with van der Waals surface area (Å²) >= 11 is 0. The molecule has 0 saturated carbocycles. The number of hydrogen-bond acceptors (Lipinski definition) is 4. The number of nitrogens with one attached hydrogen (secondary N) is 1. The number of para-hydroxylation sites is 1. The lowest BCUT2D eigenvalue weighted by Crippen LogP contribution is -2.47. The third-order valence-corrected chi connectivity index (χ3v) is 4.38. The Balaban J connectivity index is 2.05. The fourth-order valence-electron chi connectivity index (χ4n) is 2.86. The van der Waals surface area contributed by atoms with Gasteiger partial charge in [0.1, 0.15) is 0 Å². The van der Waals surface area contributed by atoms with E-state index in [4.69, 9.17) is 4.74 Å². The molecular weight excluding hydrogens is 320 g/mol. The van der Waals surface area contributed by atoms with Crippen LogP contribution in [0.1, 0.15) is 56.3 Å². The van der Waals surface area contributed by atoms with Crippen LogP contribution in [-0.4, -0.2) is 41.9 Å². The lowest BCUT2D eigenvalue weighted by molar-refractivity contribution is -0.145. The van der Waals surface area contributed by atoms with E-state index in [1.807, 2.05) is 13.8 Å². The molecule has 1 atom stereocenters. The highest BCUT2D eigenvalue weighted by molar-refractivity contribution is 6.40. The fraction of sp³-hybridized carbons (Fsp3) is 0.526. The lowest BCUT2D eigenvalue weighted by Gasteiger charge is -2.32. The first-order chi connectivity index (χ1) is 12.0. The summed E-state index contributed by atoms with van der Waals surface area (Å²) < 4.78 is 5.20. The Morgan fingerprint density at radius 3 is 2.72 bits per heavy atom. The largest absolute Gasteiger partial charge is 0.462 e. The number of hydrogen-bond donors (Lipinski definition) is 1. The summed E-state index contributed by atoms with van der Waals surface area (Å²) in [6.45, 7) is 4.88. The molecule has 0 aliphatic carbocycles. The molecule has 136 valence electrons. The van der Waals surface area contributed by atoms with E-state index in [0.29, 0.717) is 18.8 Å². The number of unbranched alkanes of at least 4 members (excludes halogenated alkanes) is 1. The van der Waals surface area contributed by atoms with Gasteiger partial charge in [-0.25, -0.2) is 4.79 Å². The van der Waals surface area contributed by atoms with E-state index in [1.54, 1.807) is 29.2 Å². The minimum absolute atomic E-state index is 0.0567. The second-order valence-electron chi connectivity index (χ2n) is 6.33. The number of piperidine rings is 1. The highest BCUT2D eigenvalue weighted by Gasteiger charge is 2.28. The number of carbonyl (C=O) groups is 3. The van der Waals surface area contributed by atoms with Crippen LogP contribution in [0, 0.1) is 0 Å². The van der Waals surface area contributed by atoms with Gasteiger partial charge in [-0.3, -0.25) is 9.59 Å². The van der Waals surface area contributed by atoms with Crippen LogP contribution in [0.15, 0.2) is 24.3 Å². The van der Waals surface area contributed by atoms with Gasteiger partial charge in [-0.05, 0) is 44.7 Å². The normalized spacial score (nSPS) is 17.0. The third kappa shape index (κ3) is 5.05. The van der Waals surface area contributed by atoms with Crippen LogP contribution in [0.4, 0.5) is 5.69 Å². The highest BCUT2D eigenvalue weighted by atomic mass is 16.5. The maximum atomic E-state index is 12.4. The SMILES string of the molecule is CCCCOC(=O)c1ccccc1NC(=O)C(=O)N1CCCCC1C. The molecule has 1 aliphatic heterocycles. The number of amides is 2. The molecule has 1 unspecified atom stereocenters. The average molecular weight is 346 g/mol. The molecule has 1 aromatic carbocycles. The smallest absolute Gasteiger partial charge is 0.340 e. The summed E-state index contributed by atoms with van der Waals surface area (Å²) in [7, 11) is 0. The first kappa shape index (κ1) is 19.0. The van der Waals surface area contributed by atoms with Crippen molar-refractivity contribution in [2.45, 2.75) is 52.0 Å². The maximum absolute atomic E-state index is 12.4. The lowest BCUT2D eigenvalue weighted by atomic mass is 10.0. The van der Waals surface area contributed by atoms with Gasteiger partial charge in [0.2, 0.25) is 0 Å². The fourth-order valence-corrected chi connectivity index (χ4v) is 2.86. The van der Waals surface area contributed by atoms with E-state index in [-0.39, 0.29) is 11.6 Å².